The summed E-state index contributed by atoms with van der Waals surface area (Å²) < 4.78 is 4.97. The van der Waals surface area contributed by atoms with Crippen LogP contribution < -0.4 is 5.32 Å². The summed E-state index contributed by atoms with van der Waals surface area (Å²) in [6.45, 7) is 2.07. The highest BCUT2D eigenvalue weighted by atomic mass is 32.2. The highest BCUT2D eigenvalue weighted by molar-refractivity contribution is 7.99. The second kappa shape index (κ2) is 11.9. The molecule has 1 amide bonds. The average molecular weight is 485 g/mol. The molecule has 0 aliphatic heterocycles. The number of benzene rings is 3. The van der Waals surface area contributed by atoms with Crippen LogP contribution in [0.3, 0.4) is 0 Å². The van der Waals surface area contributed by atoms with Gasteiger partial charge in [-0.15, -0.1) is 10.2 Å². The largest absolute Gasteiger partial charge is 0.462 e. The number of ether oxygens (including phenoxy) is 1. The Hall–Kier alpha value is -4.04. The first-order chi connectivity index (χ1) is 17.1. The zero-order valence-corrected chi connectivity index (χ0v) is 20.0. The smallest absolute Gasteiger partial charge is 0.338 e. The third-order valence-corrected chi connectivity index (χ3v) is 5.84. The van der Waals surface area contributed by atoms with E-state index in [1.54, 1.807) is 31.2 Å². The van der Waals surface area contributed by atoms with E-state index in [1.807, 2.05) is 60.7 Å². The van der Waals surface area contributed by atoms with Gasteiger partial charge in [0.25, 0.3) is 0 Å². The monoisotopic (exact) mass is 484 g/mol. The van der Waals surface area contributed by atoms with Crippen molar-refractivity contribution >= 4 is 29.3 Å². The van der Waals surface area contributed by atoms with E-state index in [0.717, 1.165) is 16.8 Å². The highest BCUT2D eigenvalue weighted by Crippen LogP contribution is 2.29. The Balaban J connectivity index is 1.39. The third kappa shape index (κ3) is 6.51. The number of thioether (sulfide) groups is 1. The van der Waals surface area contributed by atoms with Crippen LogP contribution in [0.1, 0.15) is 23.7 Å². The zero-order valence-electron chi connectivity index (χ0n) is 19.2. The van der Waals surface area contributed by atoms with Gasteiger partial charge >= 0.3 is 5.97 Å². The SMILES string of the molecule is CCOC(=O)c1ccc(NC(=O)CCSc2nnc(-c3ccccc3)c(-c3ccccc3)n2)cc1. The lowest BCUT2D eigenvalue weighted by Gasteiger charge is -2.09. The molecule has 0 unspecified atom stereocenters. The van der Waals surface area contributed by atoms with E-state index in [4.69, 9.17) is 9.72 Å². The predicted octanol–water partition coefficient (Wildman–Crippen LogP) is 5.50. The third-order valence-electron chi connectivity index (χ3n) is 5.00. The molecule has 4 rings (SSSR count). The van der Waals surface area contributed by atoms with Gasteiger partial charge in [0.2, 0.25) is 11.1 Å². The second-order valence-electron chi connectivity index (χ2n) is 7.47. The van der Waals surface area contributed by atoms with Crippen molar-refractivity contribution in [2.75, 3.05) is 17.7 Å². The van der Waals surface area contributed by atoms with E-state index < -0.39 is 0 Å². The molecule has 1 heterocycles. The van der Waals surface area contributed by atoms with Crippen molar-refractivity contribution in [3.05, 3.63) is 90.5 Å². The number of carbonyl (C=O) groups is 2. The van der Waals surface area contributed by atoms with Crippen molar-refractivity contribution in [2.45, 2.75) is 18.5 Å². The maximum atomic E-state index is 12.4. The number of anilines is 1. The zero-order chi connectivity index (χ0) is 24.5. The Labute approximate surface area is 208 Å². The summed E-state index contributed by atoms with van der Waals surface area (Å²) in [6, 6.07) is 26.3. The molecule has 3 aromatic carbocycles. The first kappa shape index (κ1) is 24.1. The average Bonchev–Trinajstić information content (AvgIpc) is 2.90. The van der Waals surface area contributed by atoms with Crippen LogP contribution in [0.25, 0.3) is 22.5 Å². The van der Waals surface area contributed by atoms with Crippen LogP contribution in [0.15, 0.2) is 90.1 Å². The molecule has 0 bridgehead atoms. The van der Waals surface area contributed by atoms with Gasteiger partial charge in [-0.3, -0.25) is 4.79 Å². The van der Waals surface area contributed by atoms with E-state index in [-0.39, 0.29) is 18.3 Å². The molecule has 0 aliphatic carbocycles. The number of esters is 1. The van der Waals surface area contributed by atoms with E-state index in [0.29, 0.717) is 34.5 Å². The molecule has 7 nitrogen and oxygen atoms in total. The lowest BCUT2D eigenvalue weighted by molar-refractivity contribution is -0.115. The molecule has 1 N–H and O–H groups in total. The van der Waals surface area contributed by atoms with E-state index in [1.165, 1.54) is 11.8 Å². The molecule has 176 valence electrons. The van der Waals surface area contributed by atoms with Gasteiger partial charge < -0.3 is 10.1 Å². The van der Waals surface area contributed by atoms with E-state index >= 15 is 0 Å². The Bertz CT molecular complexity index is 1280. The van der Waals surface area contributed by atoms with Crippen LogP contribution in [0.5, 0.6) is 0 Å². The number of nitrogens with zero attached hydrogens (tertiary/aromatic N) is 3. The number of hydrogen-bond acceptors (Lipinski definition) is 7. The number of carbonyl (C=O) groups excluding carboxylic acids is 2. The Morgan fingerprint density at radius 2 is 1.46 bits per heavy atom. The Morgan fingerprint density at radius 3 is 2.09 bits per heavy atom. The summed E-state index contributed by atoms with van der Waals surface area (Å²) in [6.07, 6.45) is 0.273. The number of hydrogen-bond donors (Lipinski definition) is 1. The van der Waals surface area contributed by atoms with Crippen molar-refractivity contribution in [3.8, 4) is 22.5 Å². The summed E-state index contributed by atoms with van der Waals surface area (Å²) in [5, 5.41) is 12.1. The molecular weight excluding hydrogens is 460 g/mol. The topological polar surface area (TPSA) is 94.1 Å². The predicted molar refractivity (Wildman–Crippen MR) is 137 cm³/mol. The normalized spacial score (nSPS) is 10.5. The van der Waals surface area contributed by atoms with Crippen LogP contribution in [-0.2, 0) is 9.53 Å². The summed E-state index contributed by atoms with van der Waals surface area (Å²) >= 11 is 1.38. The summed E-state index contributed by atoms with van der Waals surface area (Å²) in [4.78, 5) is 28.9. The number of aromatic nitrogens is 3. The Morgan fingerprint density at radius 1 is 0.829 bits per heavy atom. The lowest BCUT2D eigenvalue weighted by atomic mass is 10.0. The molecule has 0 aliphatic rings. The molecular formula is C27H24N4O3S. The maximum Gasteiger partial charge on any atom is 0.338 e. The number of amides is 1. The van der Waals surface area contributed by atoms with Crippen LogP contribution in [-0.4, -0.2) is 39.4 Å². The van der Waals surface area contributed by atoms with Crippen LogP contribution in [0.4, 0.5) is 5.69 Å². The van der Waals surface area contributed by atoms with Crippen LogP contribution >= 0.6 is 11.8 Å². The first-order valence-electron chi connectivity index (χ1n) is 11.2. The van der Waals surface area contributed by atoms with Crippen molar-refractivity contribution < 1.29 is 14.3 Å². The Kier molecular flexibility index (Phi) is 8.19. The van der Waals surface area contributed by atoms with Crippen LogP contribution in [0.2, 0.25) is 0 Å². The minimum absolute atomic E-state index is 0.140. The van der Waals surface area contributed by atoms with Gasteiger partial charge in [-0.25, -0.2) is 9.78 Å². The second-order valence-corrected chi connectivity index (χ2v) is 8.53. The van der Waals surface area contributed by atoms with E-state index in [2.05, 4.69) is 15.5 Å². The fourth-order valence-electron chi connectivity index (χ4n) is 3.32. The molecule has 1 aromatic heterocycles. The fraction of sp³-hybridized carbons (Fsp3) is 0.148. The summed E-state index contributed by atoms with van der Waals surface area (Å²) in [7, 11) is 0. The van der Waals surface area contributed by atoms with Crippen LogP contribution in [0, 0.1) is 0 Å². The van der Waals surface area contributed by atoms with Gasteiger partial charge in [-0.05, 0) is 31.2 Å². The minimum atomic E-state index is -0.386. The molecule has 35 heavy (non-hydrogen) atoms. The minimum Gasteiger partial charge on any atom is -0.462 e. The molecule has 8 heteroatoms. The van der Waals surface area contributed by atoms with Gasteiger partial charge in [-0.2, -0.15) is 0 Å². The first-order valence-corrected chi connectivity index (χ1v) is 12.2. The molecule has 0 saturated carbocycles. The van der Waals surface area contributed by atoms with Gasteiger partial charge in [0.1, 0.15) is 11.4 Å². The molecule has 0 saturated heterocycles. The fourth-order valence-corrected chi connectivity index (χ4v) is 4.05. The van der Waals surface area contributed by atoms with Gasteiger partial charge in [0, 0.05) is 29.0 Å². The summed E-state index contributed by atoms with van der Waals surface area (Å²) in [5.41, 5.74) is 4.41. The molecule has 0 radical (unpaired) electrons. The standard InChI is InChI=1S/C27H24N4O3S/c1-2-34-26(33)21-13-15-22(16-14-21)28-23(32)17-18-35-27-29-24(19-9-5-3-6-10-19)25(30-31-27)20-11-7-4-8-12-20/h3-16H,2,17-18H2,1H3,(H,28,32). The quantitative estimate of drug-likeness (QED) is 0.247. The van der Waals surface area contributed by atoms with Gasteiger partial charge in [0.05, 0.1) is 12.2 Å². The van der Waals surface area contributed by atoms with Crippen molar-refractivity contribution in [1.29, 1.82) is 0 Å². The molecule has 0 atom stereocenters. The number of nitrogens with one attached hydrogen (secondary N) is 1. The molecule has 0 spiro atoms. The summed E-state index contributed by atoms with van der Waals surface area (Å²) in [5.74, 6) is -0.0325. The highest BCUT2D eigenvalue weighted by Gasteiger charge is 2.14. The maximum absolute atomic E-state index is 12.4. The number of rotatable bonds is 9. The van der Waals surface area contributed by atoms with Gasteiger partial charge in [-0.1, -0.05) is 72.4 Å². The van der Waals surface area contributed by atoms with Crippen molar-refractivity contribution in [3.63, 3.8) is 0 Å². The van der Waals surface area contributed by atoms with E-state index in [9.17, 15) is 9.59 Å². The lowest BCUT2D eigenvalue weighted by Crippen LogP contribution is -2.12. The molecule has 0 fully saturated rings. The van der Waals surface area contributed by atoms with Crippen molar-refractivity contribution in [1.82, 2.24) is 15.2 Å². The van der Waals surface area contributed by atoms with Gasteiger partial charge in [0.15, 0.2) is 0 Å². The molecule has 4 aromatic rings. The van der Waals surface area contributed by atoms with Crippen molar-refractivity contribution in [2.24, 2.45) is 0 Å².